The molecule has 0 spiro atoms. The fourth-order valence-electron chi connectivity index (χ4n) is 3.62. The summed E-state index contributed by atoms with van der Waals surface area (Å²) in [5, 5.41) is 10.9. The fraction of sp³-hybridized carbons (Fsp3) is 0.222. The third-order valence-corrected chi connectivity index (χ3v) is 6.95. The summed E-state index contributed by atoms with van der Waals surface area (Å²) in [6.45, 7) is 6.77. The minimum atomic E-state index is -3.89. The summed E-state index contributed by atoms with van der Waals surface area (Å²) in [7, 11) is -3.89. The third-order valence-electron chi connectivity index (χ3n) is 5.30. The van der Waals surface area contributed by atoms with Crippen molar-refractivity contribution in [3.8, 4) is 28.7 Å². The Morgan fingerprint density at radius 1 is 0.900 bits per heavy atom. The van der Waals surface area contributed by atoms with E-state index in [0.29, 0.717) is 47.7 Å². The van der Waals surface area contributed by atoms with Gasteiger partial charge in [-0.2, -0.15) is 0 Å². The van der Waals surface area contributed by atoms with E-state index in [1.807, 2.05) is 20.8 Å². The highest BCUT2D eigenvalue weighted by Gasteiger charge is 2.20. The summed E-state index contributed by atoms with van der Waals surface area (Å²) < 4.78 is 50.7. The number of nitrogens with zero attached hydrogens (tertiary/aromatic N) is 2. The molecule has 0 radical (unpaired) electrons. The van der Waals surface area contributed by atoms with Crippen LogP contribution in [0.1, 0.15) is 31.1 Å². The van der Waals surface area contributed by atoms with Crippen molar-refractivity contribution in [2.45, 2.75) is 25.7 Å². The molecule has 40 heavy (non-hydrogen) atoms. The van der Waals surface area contributed by atoms with E-state index >= 15 is 0 Å². The van der Waals surface area contributed by atoms with E-state index in [2.05, 4.69) is 20.2 Å². The maximum Gasteiger partial charge on any atom is 0.322 e. The van der Waals surface area contributed by atoms with Crippen LogP contribution in [0.5, 0.6) is 17.2 Å². The van der Waals surface area contributed by atoms with Crippen molar-refractivity contribution >= 4 is 39.2 Å². The Morgan fingerprint density at radius 2 is 1.55 bits per heavy atom. The van der Waals surface area contributed by atoms with Crippen molar-refractivity contribution in [1.82, 2.24) is 10.2 Å². The number of aromatic nitrogens is 2. The van der Waals surface area contributed by atoms with Crippen LogP contribution >= 0.6 is 11.6 Å². The van der Waals surface area contributed by atoms with Crippen molar-refractivity contribution in [2.75, 3.05) is 29.9 Å². The second-order valence-electron chi connectivity index (χ2n) is 8.11. The number of ether oxygens (including phenoxy) is 3. The molecule has 210 valence electrons. The van der Waals surface area contributed by atoms with Gasteiger partial charge in [-0.3, -0.25) is 14.8 Å². The topological polar surface area (TPSA) is 142 Å². The molecule has 1 heterocycles. The Kier molecular flexibility index (Phi) is 9.12. The van der Waals surface area contributed by atoms with E-state index in [9.17, 15) is 13.2 Å². The lowest BCUT2D eigenvalue weighted by molar-refractivity contribution is 0.102. The number of amides is 1. The van der Waals surface area contributed by atoms with Crippen LogP contribution in [0.4, 0.5) is 11.7 Å². The highest BCUT2D eigenvalue weighted by atomic mass is 35.5. The Balaban J connectivity index is 1.52. The van der Waals surface area contributed by atoms with E-state index in [1.54, 1.807) is 12.1 Å². The molecule has 1 amide bonds. The van der Waals surface area contributed by atoms with E-state index in [0.717, 1.165) is 0 Å². The standard InChI is InChI=1S/C27H27ClN4O7S/c1-4-36-22-15-18(16-23(37-5-2)24(22)38-6-3)26-30-31-27(39-26)29-25(33)17-8-7-9-20(14-17)32-40(34,35)21-12-10-19(28)11-13-21/h7-16,32H,4-6H2,1-3H3,(H,29,31,33). The van der Waals surface area contributed by atoms with Crippen LogP contribution in [0.25, 0.3) is 11.5 Å². The van der Waals surface area contributed by atoms with Crippen molar-refractivity contribution in [3.63, 3.8) is 0 Å². The Labute approximate surface area is 236 Å². The van der Waals surface area contributed by atoms with Crippen LogP contribution in [0.3, 0.4) is 0 Å². The van der Waals surface area contributed by atoms with Gasteiger partial charge in [-0.05, 0) is 75.4 Å². The number of hydrogen-bond acceptors (Lipinski definition) is 9. The molecule has 0 fully saturated rings. The monoisotopic (exact) mass is 586 g/mol. The van der Waals surface area contributed by atoms with Gasteiger partial charge in [0.1, 0.15) is 0 Å². The molecule has 0 unspecified atom stereocenters. The van der Waals surface area contributed by atoms with Crippen LogP contribution in [-0.2, 0) is 10.0 Å². The number of sulfonamides is 1. The Bertz CT molecular complexity index is 1560. The Hall–Kier alpha value is -4.29. The highest BCUT2D eigenvalue weighted by molar-refractivity contribution is 7.92. The number of benzene rings is 3. The quantitative estimate of drug-likeness (QED) is 0.216. The minimum absolute atomic E-state index is 0.0272. The van der Waals surface area contributed by atoms with Gasteiger partial charge in [-0.1, -0.05) is 22.8 Å². The van der Waals surface area contributed by atoms with Crippen LogP contribution in [0.15, 0.2) is 70.0 Å². The predicted octanol–water partition coefficient (Wildman–Crippen LogP) is 5.64. The van der Waals surface area contributed by atoms with Crippen LogP contribution < -0.4 is 24.2 Å². The lowest BCUT2D eigenvalue weighted by Crippen LogP contribution is -2.15. The lowest BCUT2D eigenvalue weighted by atomic mass is 10.2. The molecule has 3 aromatic carbocycles. The first-order chi connectivity index (χ1) is 19.2. The predicted molar refractivity (Wildman–Crippen MR) is 150 cm³/mol. The van der Waals surface area contributed by atoms with E-state index in [-0.39, 0.29) is 28.1 Å². The maximum atomic E-state index is 12.9. The summed E-state index contributed by atoms with van der Waals surface area (Å²) in [5.74, 6) is 0.901. The first-order valence-corrected chi connectivity index (χ1v) is 14.2. The van der Waals surface area contributed by atoms with E-state index < -0.39 is 15.9 Å². The molecule has 4 aromatic rings. The number of hydrogen-bond donors (Lipinski definition) is 2. The van der Waals surface area contributed by atoms with Gasteiger partial charge >= 0.3 is 6.01 Å². The molecular weight excluding hydrogens is 560 g/mol. The molecule has 11 nitrogen and oxygen atoms in total. The average molecular weight is 587 g/mol. The highest BCUT2D eigenvalue weighted by Crippen LogP contribution is 2.42. The zero-order valence-corrected chi connectivity index (χ0v) is 23.5. The zero-order valence-electron chi connectivity index (χ0n) is 21.9. The van der Waals surface area contributed by atoms with Crippen molar-refractivity contribution in [2.24, 2.45) is 0 Å². The van der Waals surface area contributed by atoms with Crippen LogP contribution in [-0.4, -0.2) is 44.3 Å². The Morgan fingerprint density at radius 3 is 2.17 bits per heavy atom. The molecule has 0 aliphatic rings. The summed E-state index contributed by atoms with van der Waals surface area (Å²) in [4.78, 5) is 12.9. The molecular formula is C27H27ClN4O7S. The van der Waals surface area contributed by atoms with Gasteiger partial charge < -0.3 is 18.6 Å². The number of nitrogens with one attached hydrogen (secondary N) is 2. The number of halogens is 1. The smallest absolute Gasteiger partial charge is 0.322 e. The molecule has 13 heteroatoms. The largest absolute Gasteiger partial charge is 0.490 e. The number of anilines is 2. The molecule has 0 aliphatic carbocycles. The second-order valence-corrected chi connectivity index (χ2v) is 10.2. The lowest BCUT2D eigenvalue weighted by Gasteiger charge is -2.16. The van der Waals surface area contributed by atoms with Crippen LogP contribution in [0, 0.1) is 0 Å². The first-order valence-electron chi connectivity index (χ1n) is 12.3. The van der Waals surface area contributed by atoms with E-state index in [4.69, 9.17) is 30.2 Å². The minimum Gasteiger partial charge on any atom is -0.490 e. The van der Waals surface area contributed by atoms with Crippen molar-refractivity contribution < 1.29 is 31.8 Å². The summed E-state index contributed by atoms with van der Waals surface area (Å²) in [5.41, 5.74) is 0.853. The van der Waals surface area contributed by atoms with Gasteiger partial charge in [0.15, 0.2) is 11.5 Å². The molecule has 0 aliphatic heterocycles. The van der Waals surface area contributed by atoms with Crippen LogP contribution in [0.2, 0.25) is 5.02 Å². The van der Waals surface area contributed by atoms with Gasteiger partial charge in [0.2, 0.25) is 11.6 Å². The molecule has 0 bridgehead atoms. The summed E-state index contributed by atoms with van der Waals surface area (Å²) in [6.07, 6.45) is 0. The SMILES string of the molecule is CCOc1cc(-c2nnc(NC(=O)c3cccc(NS(=O)(=O)c4ccc(Cl)cc4)c3)o2)cc(OCC)c1OCC. The summed E-state index contributed by atoms with van der Waals surface area (Å²) in [6, 6.07) is 14.9. The number of carbonyl (C=O) groups excluding carboxylic acids is 1. The fourth-order valence-corrected chi connectivity index (χ4v) is 4.80. The second kappa shape index (κ2) is 12.7. The molecule has 0 saturated heterocycles. The molecule has 4 rings (SSSR count). The van der Waals surface area contributed by atoms with Gasteiger partial charge in [-0.25, -0.2) is 8.42 Å². The van der Waals surface area contributed by atoms with Crippen molar-refractivity contribution in [3.05, 3.63) is 71.2 Å². The first kappa shape index (κ1) is 28.7. The molecule has 0 atom stereocenters. The van der Waals surface area contributed by atoms with Gasteiger partial charge in [0, 0.05) is 21.8 Å². The third kappa shape index (κ3) is 6.82. The van der Waals surface area contributed by atoms with E-state index in [1.165, 1.54) is 48.5 Å². The van der Waals surface area contributed by atoms with Gasteiger partial charge in [-0.15, -0.1) is 5.10 Å². The maximum absolute atomic E-state index is 12.9. The number of carbonyl (C=O) groups is 1. The van der Waals surface area contributed by atoms with Crippen molar-refractivity contribution in [1.29, 1.82) is 0 Å². The average Bonchev–Trinajstić information content (AvgIpc) is 3.39. The normalized spacial score (nSPS) is 11.1. The molecule has 2 N–H and O–H groups in total. The van der Waals surface area contributed by atoms with Gasteiger partial charge in [0.25, 0.3) is 15.9 Å². The number of rotatable bonds is 12. The van der Waals surface area contributed by atoms with Gasteiger partial charge in [0.05, 0.1) is 24.7 Å². The molecule has 0 saturated carbocycles. The zero-order chi connectivity index (χ0) is 28.7. The molecule has 1 aromatic heterocycles. The summed E-state index contributed by atoms with van der Waals surface area (Å²) >= 11 is 5.84.